The predicted molar refractivity (Wildman–Crippen MR) is 53.0 cm³/mol. The zero-order chi connectivity index (χ0) is 10.7. The minimum atomic E-state index is -2.27. The molecule has 0 spiro atoms. The Morgan fingerprint density at radius 2 is 2.50 bits per heavy atom. The molecule has 0 aromatic rings. The van der Waals surface area contributed by atoms with Crippen LogP contribution in [0.25, 0.3) is 0 Å². The van der Waals surface area contributed by atoms with E-state index in [1.165, 1.54) is 11.9 Å². The number of nitrogens with zero attached hydrogens (tertiary/aromatic N) is 2. The van der Waals surface area contributed by atoms with Crippen LogP contribution < -0.4 is 0 Å². The Balaban J connectivity index is 2.92. The molecule has 1 fully saturated rings. The van der Waals surface area contributed by atoms with Gasteiger partial charge in [-0.25, -0.2) is 5.01 Å². The van der Waals surface area contributed by atoms with Crippen LogP contribution in [0.3, 0.4) is 0 Å². The molecule has 1 aliphatic heterocycles. The molecule has 14 heavy (non-hydrogen) atoms. The van der Waals surface area contributed by atoms with Crippen LogP contribution in [-0.2, 0) is 15.8 Å². The van der Waals surface area contributed by atoms with E-state index in [1.807, 2.05) is 6.92 Å². The zero-order valence-corrected chi connectivity index (χ0v) is 9.04. The summed E-state index contributed by atoms with van der Waals surface area (Å²) in [6.45, 7) is 7.99. The molecule has 1 heterocycles. The number of rotatable bonds is 2. The van der Waals surface area contributed by atoms with Crippen molar-refractivity contribution >= 4 is 17.8 Å². The van der Waals surface area contributed by atoms with Gasteiger partial charge in [0.05, 0.1) is 18.1 Å². The van der Waals surface area contributed by atoms with Gasteiger partial charge in [0.1, 0.15) is 0 Å². The Kier molecular flexibility index (Phi) is 3.65. The molecule has 2 atom stereocenters. The fraction of sp³-hybridized carbons (Fsp3) is 0.625. The fourth-order valence-electron chi connectivity index (χ4n) is 1.20. The molecular formula is C8H13N2O3S-. The summed E-state index contributed by atoms with van der Waals surface area (Å²) in [7, 11) is 0. The van der Waals surface area contributed by atoms with E-state index >= 15 is 0 Å². The molecule has 0 N–H and O–H groups in total. The molecule has 5 nitrogen and oxygen atoms in total. The average Bonchev–Trinajstić information content (AvgIpc) is 2.16. The van der Waals surface area contributed by atoms with Gasteiger partial charge in [0.15, 0.2) is 0 Å². The van der Waals surface area contributed by atoms with E-state index in [2.05, 4.69) is 11.8 Å². The smallest absolute Gasteiger partial charge is 0.221 e. The van der Waals surface area contributed by atoms with Gasteiger partial charge in [-0.15, -0.1) is 0 Å². The lowest BCUT2D eigenvalue weighted by Gasteiger charge is -2.32. The first-order valence-corrected chi connectivity index (χ1v) is 5.31. The van der Waals surface area contributed by atoms with Crippen LogP contribution >= 0.6 is 0 Å². The molecule has 0 bridgehead atoms. The Labute approximate surface area is 85.7 Å². The number of hydrogen-bond donors (Lipinski definition) is 0. The maximum Gasteiger partial charge on any atom is 0.221 e. The normalized spacial score (nSPS) is 27.9. The van der Waals surface area contributed by atoms with Gasteiger partial charge in [-0.2, -0.15) is 5.10 Å². The van der Waals surface area contributed by atoms with Crippen LogP contribution in [0.4, 0.5) is 0 Å². The van der Waals surface area contributed by atoms with Gasteiger partial charge in [0.2, 0.25) is 5.88 Å². The van der Waals surface area contributed by atoms with E-state index in [9.17, 15) is 8.76 Å². The van der Waals surface area contributed by atoms with Gasteiger partial charge < -0.3 is 9.29 Å². The highest BCUT2D eigenvalue weighted by Gasteiger charge is 2.22. The average molecular weight is 217 g/mol. The van der Waals surface area contributed by atoms with Crippen LogP contribution in [0.15, 0.2) is 15.9 Å². The summed E-state index contributed by atoms with van der Waals surface area (Å²) in [5, 5.41) is 5.18. The van der Waals surface area contributed by atoms with E-state index in [0.717, 1.165) is 0 Å². The highest BCUT2D eigenvalue weighted by atomic mass is 32.2. The number of hydrazone groups is 1. The summed E-state index contributed by atoms with van der Waals surface area (Å²) in [6, 6.07) is 0. The topological polar surface area (TPSA) is 65.0 Å². The van der Waals surface area contributed by atoms with E-state index in [4.69, 9.17) is 4.74 Å². The summed E-state index contributed by atoms with van der Waals surface area (Å²) in [5.41, 5.74) is 0. The second-order valence-corrected chi connectivity index (χ2v) is 4.32. The molecule has 0 radical (unpaired) electrons. The quantitative estimate of drug-likeness (QED) is 0.503. The minimum Gasteiger partial charge on any atom is -0.768 e. The Morgan fingerprint density at radius 1 is 1.86 bits per heavy atom. The Morgan fingerprint density at radius 3 is 3.00 bits per heavy atom. The highest BCUT2D eigenvalue weighted by molar-refractivity contribution is 7.83. The first-order chi connectivity index (χ1) is 6.56. The van der Waals surface area contributed by atoms with Crippen molar-refractivity contribution in [1.82, 2.24) is 5.01 Å². The molecular weight excluding hydrogens is 204 g/mol. The molecule has 0 amide bonds. The first-order valence-electron chi connectivity index (χ1n) is 4.23. The first kappa shape index (κ1) is 11.2. The van der Waals surface area contributed by atoms with E-state index in [0.29, 0.717) is 19.1 Å². The van der Waals surface area contributed by atoms with Crippen molar-refractivity contribution < 1.29 is 13.5 Å². The molecule has 1 aliphatic rings. The van der Waals surface area contributed by atoms with Gasteiger partial charge in [-0.3, -0.25) is 4.21 Å². The summed E-state index contributed by atoms with van der Waals surface area (Å²) in [5.74, 6) is 0.601. The van der Waals surface area contributed by atoms with Crippen molar-refractivity contribution in [2.45, 2.75) is 13.8 Å². The number of allylic oxidation sites excluding steroid dienone is 1. The maximum absolute atomic E-state index is 10.7. The molecule has 0 saturated carbocycles. The van der Waals surface area contributed by atoms with Crippen molar-refractivity contribution in [3.63, 3.8) is 0 Å². The van der Waals surface area contributed by atoms with Crippen molar-refractivity contribution in [3.8, 4) is 0 Å². The Hall–Kier alpha value is -0.880. The molecule has 0 aliphatic carbocycles. The molecule has 1 rings (SSSR count). The standard InChI is InChI=1S/C8H14N2O3S/c1-6-4-10(9-3)8(13-5-6)7(2)14(11)12/h6H,3-5H2,1-2H3,(H,11,12)/p-1/b8-7-. The largest absolute Gasteiger partial charge is 0.768 e. The second kappa shape index (κ2) is 4.56. The lowest BCUT2D eigenvalue weighted by atomic mass is 10.2. The SMILES string of the molecule is C=NN1CC(C)CO/C1=C(/C)S(=O)[O-]. The Bertz CT molecular complexity index is 290. The zero-order valence-electron chi connectivity index (χ0n) is 8.23. The van der Waals surface area contributed by atoms with Gasteiger partial charge in [0, 0.05) is 12.6 Å². The molecule has 0 aromatic heterocycles. The molecule has 80 valence electrons. The van der Waals surface area contributed by atoms with Crippen molar-refractivity contribution in [3.05, 3.63) is 10.8 Å². The summed E-state index contributed by atoms with van der Waals surface area (Å²) in [6.07, 6.45) is 0. The van der Waals surface area contributed by atoms with E-state index in [-0.39, 0.29) is 10.8 Å². The third kappa shape index (κ3) is 2.33. The number of ether oxygens (including phenoxy) is 1. The van der Waals surface area contributed by atoms with Gasteiger partial charge in [0.25, 0.3) is 0 Å². The molecule has 1 saturated heterocycles. The van der Waals surface area contributed by atoms with Crippen LogP contribution in [0.5, 0.6) is 0 Å². The lowest BCUT2D eigenvalue weighted by molar-refractivity contribution is 0.0308. The third-order valence-electron chi connectivity index (χ3n) is 1.95. The number of hydrogen-bond acceptors (Lipinski definition) is 5. The minimum absolute atomic E-state index is 0.157. The van der Waals surface area contributed by atoms with E-state index < -0.39 is 11.1 Å². The van der Waals surface area contributed by atoms with Crippen molar-refractivity contribution in [2.75, 3.05) is 13.2 Å². The summed E-state index contributed by atoms with van der Waals surface area (Å²) < 4.78 is 26.7. The molecule has 6 heteroatoms. The van der Waals surface area contributed by atoms with Crippen LogP contribution in [0, 0.1) is 5.92 Å². The monoisotopic (exact) mass is 217 g/mol. The van der Waals surface area contributed by atoms with Gasteiger partial charge in [-0.1, -0.05) is 6.92 Å². The maximum atomic E-state index is 10.7. The summed E-state index contributed by atoms with van der Waals surface area (Å²) >= 11 is -2.27. The van der Waals surface area contributed by atoms with E-state index in [1.54, 1.807) is 0 Å². The second-order valence-electron chi connectivity index (χ2n) is 3.24. The van der Waals surface area contributed by atoms with Crippen LogP contribution in [0.2, 0.25) is 0 Å². The van der Waals surface area contributed by atoms with Crippen molar-refractivity contribution in [2.24, 2.45) is 11.0 Å². The van der Waals surface area contributed by atoms with Gasteiger partial charge >= 0.3 is 0 Å². The third-order valence-corrected chi connectivity index (χ3v) is 2.62. The van der Waals surface area contributed by atoms with Crippen LogP contribution in [-0.4, -0.2) is 33.6 Å². The predicted octanol–water partition coefficient (Wildman–Crippen LogP) is 0.638. The fourth-order valence-corrected chi connectivity index (χ4v) is 1.51. The van der Waals surface area contributed by atoms with Crippen LogP contribution in [0.1, 0.15) is 13.8 Å². The molecule has 0 aromatic carbocycles. The highest BCUT2D eigenvalue weighted by Crippen LogP contribution is 2.21. The summed E-state index contributed by atoms with van der Waals surface area (Å²) in [4.78, 5) is 0.157. The van der Waals surface area contributed by atoms with Gasteiger partial charge in [-0.05, 0) is 18.0 Å². The molecule has 2 unspecified atom stereocenters. The van der Waals surface area contributed by atoms with Crippen molar-refractivity contribution in [1.29, 1.82) is 0 Å². The lowest BCUT2D eigenvalue weighted by Crippen LogP contribution is -2.34.